The number of anilines is 2. The molecule has 1 aliphatic rings. The second-order valence-electron chi connectivity index (χ2n) is 7.97. The highest BCUT2D eigenvalue weighted by Gasteiger charge is 2.40. The van der Waals surface area contributed by atoms with E-state index >= 15 is 0 Å². The van der Waals surface area contributed by atoms with Gasteiger partial charge in [-0.1, -0.05) is 61.0 Å². The Morgan fingerprint density at radius 3 is 2.20 bits per heavy atom. The van der Waals surface area contributed by atoms with Crippen LogP contribution < -0.4 is 15.3 Å². The standard InChI is InChI=1S/C27H23ClN2O4S/c1-2-3-4-17-5-13-21(14-6-17)30-25(31)23(29-20-11-7-18(8-12-20)27(33)34)24(26(30)32)35-22-15-9-19(28)10-16-22/h5-16,29H,2-4H2,1H3,(H,33,34)/p-1. The molecule has 0 saturated heterocycles. The number of carbonyl (C=O) groups excluding carboxylic acids is 3. The summed E-state index contributed by atoms with van der Waals surface area (Å²) in [6.07, 6.45) is 3.08. The van der Waals surface area contributed by atoms with Crippen molar-refractivity contribution in [2.75, 3.05) is 10.2 Å². The zero-order valence-corrected chi connectivity index (χ0v) is 20.5. The predicted molar refractivity (Wildman–Crippen MR) is 136 cm³/mol. The fourth-order valence-corrected chi connectivity index (χ4v) is 4.65. The smallest absolute Gasteiger partial charge is 0.283 e. The number of unbranched alkanes of at least 4 members (excludes halogenated alkanes) is 1. The molecule has 0 fully saturated rings. The van der Waals surface area contributed by atoms with E-state index in [-0.39, 0.29) is 16.2 Å². The van der Waals surface area contributed by atoms with Crippen molar-refractivity contribution >= 4 is 52.5 Å². The van der Waals surface area contributed by atoms with Gasteiger partial charge in [0.1, 0.15) is 10.6 Å². The number of hydrogen-bond acceptors (Lipinski definition) is 6. The summed E-state index contributed by atoms with van der Waals surface area (Å²) in [5, 5.41) is 14.6. The van der Waals surface area contributed by atoms with E-state index in [2.05, 4.69) is 12.2 Å². The van der Waals surface area contributed by atoms with Crippen LogP contribution in [-0.4, -0.2) is 17.8 Å². The topological polar surface area (TPSA) is 89.5 Å². The van der Waals surface area contributed by atoms with Gasteiger partial charge in [-0.25, -0.2) is 4.90 Å². The maximum Gasteiger partial charge on any atom is 0.283 e. The third-order valence-electron chi connectivity index (χ3n) is 5.48. The van der Waals surface area contributed by atoms with E-state index in [1.54, 1.807) is 36.4 Å². The lowest BCUT2D eigenvalue weighted by Gasteiger charge is -2.16. The molecule has 6 nitrogen and oxygen atoms in total. The fraction of sp³-hybridized carbons (Fsp3) is 0.148. The predicted octanol–water partition coefficient (Wildman–Crippen LogP) is 5.04. The van der Waals surface area contributed by atoms with Crippen LogP contribution in [0.15, 0.2) is 88.3 Å². The van der Waals surface area contributed by atoms with Crippen molar-refractivity contribution in [3.8, 4) is 0 Å². The van der Waals surface area contributed by atoms with Crippen molar-refractivity contribution in [1.29, 1.82) is 0 Å². The van der Waals surface area contributed by atoms with Crippen molar-refractivity contribution in [2.45, 2.75) is 31.1 Å². The summed E-state index contributed by atoms with van der Waals surface area (Å²) in [5.74, 6) is -2.22. The Balaban J connectivity index is 1.66. The van der Waals surface area contributed by atoms with Gasteiger partial charge in [0.05, 0.1) is 11.7 Å². The number of imide groups is 1. The van der Waals surface area contributed by atoms with E-state index in [0.717, 1.165) is 46.4 Å². The van der Waals surface area contributed by atoms with Crippen molar-refractivity contribution < 1.29 is 19.5 Å². The molecule has 35 heavy (non-hydrogen) atoms. The summed E-state index contributed by atoms with van der Waals surface area (Å²) in [4.78, 5) is 40.1. The first-order chi connectivity index (χ1) is 16.9. The van der Waals surface area contributed by atoms with Crippen LogP contribution in [0, 0.1) is 0 Å². The van der Waals surface area contributed by atoms with Crippen LogP contribution in [0.1, 0.15) is 35.7 Å². The van der Waals surface area contributed by atoms with Crippen molar-refractivity contribution in [3.63, 3.8) is 0 Å². The molecule has 0 aromatic heterocycles. The van der Waals surface area contributed by atoms with Gasteiger partial charge in [0, 0.05) is 15.6 Å². The number of rotatable bonds is 9. The van der Waals surface area contributed by atoms with E-state index < -0.39 is 17.8 Å². The quantitative estimate of drug-likeness (QED) is 0.410. The van der Waals surface area contributed by atoms with Crippen LogP contribution in [0.5, 0.6) is 0 Å². The molecule has 1 N–H and O–H groups in total. The number of carbonyl (C=O) groups is 3. The SMILES string of the molecule is CCCCc1ccc(N2C(=O)C(Nc3ccc(C(=O)[O-])cc3)=C(Sc3ccc(Cl)cc3)C2=O)cc1. The first-order valence-electron chi connectivity index (χ1n) is 11.1. The number of nitrogens with one attached hydrogen (secondary N) is 1. The molecule has 2 amide bonds. The van der Waals surface area contributed by atoms with Gasteiger partial charge < -0.3 is 15.2 Å². The third-order valence-corrected chi connectivity index (χ3v) is 6.82. The lowest BCUT2D eigenvalue weighted by molar-refractivity contribution is -0.255. The van der Waals surface area contributed by atoms with Crippen LogP contribution in [0.2, 0.25) is 5.02 Å². The maximum absolute atomic E-state index is 13.5. The number of benzene rings is 3. The molecule has 0 aliphatic carbocycles. The molecular weight excluding hydrogens is 484 g/mol. The minimum absolute atomic E-state index is 0.0129. The maximum atomic E-state index is 13.5. The molecule has 1 heterocycles. The lowest BCUT2D eigenvalue weighted by Crippen LogP contribution is -2.32. The molecule has 0 saturated carbocycles. The second kappa shape index (κ2) is 10.8. The number of carboxylic acids is 1. The van der Waals surface area contributed by atoms with Crippen LogP contribution in [0.25, 0.3) is 0 Å². The Labute approximate surface area is 212 Å². The van der Waals surface area contributed by atoms with Gasteiger partial charge in [-0.15, -0.1) is 0 Å². The van der Waals surface area contributed by atoms with E-state index in [1.807, 2.05) is 12.1 Å². The van der Waals surface area contributed by atoms with Gasteiger partial charge in [0.2, 0.25) is 0 Å². The van der Waals surface area contributed by atoms with Gasteiger partial charge in [-0.2, -0.15) is 0 Å². The molecule has 0 atom stereocenters. The van der Waals surface area contributed by atoms with Crippen molar-refractivity contribution in [2.24, 2.45) is 0 Å². The van der Waals surface area contributed by atoms with E-state index in [9.17, 15) is 19.5 Å². The molecule has 0 bridgehead atoms. The Hall–Kier alpha value is -3.55. The first kappa shape index (κ1) is 24.6. The van der Waals surface area contributed by atoms with Gasteiger partial charge in [0.25, 0.3) is 11.8 Å². The highest BCUT2D eigenvalue weighted by molar-refractivity contribution is 8.04. The van der Waals surface area contributed by atoms with Crippen LogP contribution in [-0.2, 0) is 16.0 Å². The molecule has 0 spiro atoms. The minimum atomic E-state index is -1.30. The monoisotopic (exact) mass is 505 g/mol. The van der Waals surface area contributed by atoms with Gasteiger partial charge in [-0.3, -0.25) is 9.59 Å². The number of aryl methyl sites for hydroxylation is 1. The summed E-state index contributed by atoms with van der Waals surface area (Å²) >= 11 is 7.15. The van der Waals surface area contributed by atoms with Crippen LogP contribution in [0.4, 0.5) is 11.4 Å². The van der Waals surface area contributed by atoms with Crippen molar-refractivity contribution in [1.82, 2.24) is 0 Å². The minimum Gasteiger partial charge on any atom is -0.545 e. The van der Waals surface area contributed by atoms with E-state index in [0.29, 0.717) is 16.4 Å². The average Bonchev–Trinajstić information content (AvgIpc) is 3.08. The van der Waals surface area contributed by atoms with Crippen molar-refractivity contribution in [3.05, 3.63) is 99.5 Å². The van der Waals surface area contributed by atoms with Crippen LogP contribution >= 0.6 is 23.4 Å². The highest BCUT2D eigenvalue weighted by atomic mass is 35.5. The molecule has 0 unspecified atom stereocenters. The molecule has 8 heteroatoms. The number of amides is 2. The largest absolute Gasteiger partial charge is 0.545 e. The van der Waals surface area contributed by atoms with Gasteiger partial charge in [0.15, 0.2) is 0 Å². The molecule has 3 aromatic rings. The summed E-state index contributed by atoms with van der Waals surface area (Å²) in [7, 11) is 0. The molecule has 1 aliphatic heterocycles. The zero-order valence-electron chi connectivity index (χ0n) is 18.9. The summed E-state index contributed by atoms with van der Waals surface area (Å²) < 4.78 is 0. The van der Waals surface area contributed by atoms with E-state index in [4.69, 9.17) is 11.6 Å². The highest BCUT2D eigenvalue weighted by Crippen LogP contribution is 2.38. The third kappa shape index (κ3) is 5.58. The Bertz CT molecular complexity index is 1290. The van der Waals surface area contributed by atoms with E-state index in [1.165, 1.54) is 24.3 Å². The second-order valence-corrected chi connectivity index (χ2v) is 9.49. The molecule has 0 radical (unpaired) electrons. The Kier molecular flexibility index (Phi) is 7.58. The molecule has 178 valence electrons. The summed E-state index contributed by atoms with van der Waals surface area (Å²) in [6, 6.07) is 20.2. The average molecular weight is 506 g/mol. The van der Waals surface area contributed by atoms with Gasteiger partial charge in [-0.05, 0) is 72.5 Å². The summed E-state index contributed by atoms with van der Waals surface area (Å²) in [6.45, 7) is 2.13. The number of halogens is 1. The molecular formula is C27H22ClN2O4S-. The zero-order chi connectivity index (χ0) is 24.9. The number of nitrogens with zero attached hydrogens (tertiary/aromatic N) is 1. The van der Waals surface area contributed by atoms with Gasteiger partial charge >= 0.3 is 0 Å². The molecule has 4 rings (SSSR count). The number of carboxylic acid groups (broad SMARTS) is 1. The number of thioether (sulfide) groups is 1. The number of hydrogen-bond donors (Lipinski definition) is 1. The Morgan fingerprint density at radius 2 is 1.60 bits per heavy atom. The summed E-state index contributed by atoms with van der Waals surface area (Å²) in [5.41, 5.74) is 2.23. The lowest BCUT2D eigenvalue weighted by atomic mass is 10.1. The number of aromatic carboxylic acids is 1. The first-order valence-corrected chi connectivity index (χ1v) is 12.3. The fourth-order valence-electron chi connectivity index (χ4n) is 3.60. The molecule has 3 aromatic carbocycles. The normalized spacial score (nSPS) is 13.5. The van der Waals surface area contributed by atoms with Crippen LogP contribution in [0.3, 0.4) is 0 Å². The Morgan fingerprint density at radius 1 is 0.943 bits per heavy atom.